The van der Waals surface area contributed by atoms with Gasteiger partial charge in [-0.05, 0) is 50.1 Å². The van der Waals surface area contributed by atoms with Crippen molar-refractivity contribution in [3.05, 3.63) is 58.7 Å². The summed E-state index contributed by atoms with van der Waals surface area (Å²) in [5, 5.41) is 11.9. The standard InChI is InChI=1S/C28H31F3N4O3/c1-17-6-5-7-18(2)24(17)35-16-27(20(4)25(35)36,15-34-8-9-38-19(3)14-34)26(37)33-23-11-21(13-32)10-22(12-23)28(29,30)31/h5-7,10-12,19-20H,8-9,14-16H2,1-4H3,(H,33,37)/t19-,20-,27-/m1/s1. The number of anilines is 2. The molecule has 2 aromatic rings. The molecule has 1 N–H and O–H groups in total. The first-order valence-corrected chi connectivity index (χ1v) is 12.5. The number of nitrogens with one attached hydrogen (secondary N) is 1. The van der Waals surface area contributed by atoms with Crippen LogP contribution in [0.4, 0.5) is 24.5 Å². The minimum atomic E-state index is -4.69. The van der Waals surface area contributed by atoms with Gasteiger partial charge in [0.25, 0.3) is 0 Å². The molecule has 10 heteroatoms. The Kier molecular flexibility index (Phi) is 7.55. The third-order valence-electron chi connectivity index (χ3n) is 7.55. The summed E-state index contributed by atoms with van der Waals surface area (Å²) < 4.78 is 46.1. The van der Waals surface area contributed by atoms with Crippen LogP contribution in [0.3, 0.4) is 0 Å². The second-order valence-electron chi connectivity index (χ2n) is 10.3. The van der Waals surface area contributed by atoms with Gasteiger partial charge in [0, 0.05) is 37.6 Å². The number of benzene rings is 2. The Morgan fingerprint density at radius 2 is 1.89 bits per heavy atom. The van der Waals surface area contributed by atoms with Crippen LogP contribution in [0.15, 0.2) is 36.4 Å². The average Bonchev–Trinajstić information content (AvgIpc) is 3.09. The van der Waals surface area contributed by atoms with Crippen molar-refractivity contribution in [2.45, 2.75) is 40.0 Å². The third-order valence-corrected chi connectivity index (χ3v) is 7.55. The number of hydrogen-bond donors (Lipinski definition) is 1. The maximum absolute atomic E-state index is 14.0. The van der Waals surface area contributed by atoms with E-state index < -0.39 is 29.0 Å². The highest BCUT2D eigenvalue weighted by Gasteiger charge is 2.56. The number of hydrogen-bond acceptors (Lipinski definition) is 5. The van der Waals surface area contributed by atoms with Crippen molar-refractivity contribution >= 4 is 23.2 Å². The molecule has 0 saturated carbocycles. The van der Waals surface area contributed by atoms with E-state index in [1.54, 1.807) is 17.9 Å². The van der Waals surface area contributed by atoms with Crippen molar-refractivity contribution in [2.24, 2.45) is 11.3 Å². The van der Waals surface area contributed by atoms with E-state index in [0.29, 0.717) is 19.7 Å². The average molecular weight is 529 g/mol. The Balaban J connectivity index is 1.75. The van der Waals surface area contributed by atoms with E-state index in [1.807, 2.05) is 39.0 Å². The number of morpholine rings is 1. The number of amides is 2. The first-order chi connectivity index (χ1) is 17.9. The Morgan fingerprint density at radius 3 is 2.50 bits per heavy atom. The van der Waals surface area contributed by atoms with Gasteiger partial charge in [0.1, 0.15) is 0 Å². The zero-order chi connectivity index (χ0) is 27.8. The Labute approximate surface area is 220 Å². The molecule has 2 aliphatic heterocycles. The summed E-state index contributed by atoms with van der Waals surface area (Å²) in [5.41, 5.74) is -0.142. The van der Waals surface area contributed by atoms with Crippen LogP contribution in [0.5, 0.6) is 0 Å². The Morgan fingerprint density at radius 1 is 1.21 bits per heavy atom. The van der Waals surface area contributed by atoms with Crippen molar-refractivity contribution in [1.82, 2.24) is 4.90 Å². The molecular formula is C28H31F3N4O3. The topological polar surface area (TPSA) is 85.7 Å². The predicted molar refractivity (Wildman–Crippen MR) is 137 cm³/mol. The quantitative estimate of drug-likeness (QED) is 0.617. The van der Waals surface area contributed by atoms with Crippen LogP contribution in [0.2, 0.25) is 0 Å². The van der Waals surface area contributed by atoms with Crippen molar-refractivity contribution in [3.8, 4) is 6.07 Å². The summed E-state index contributed by atoms with van der Waals surface area (Å²) in [7, 11) is 0. The number of carbonyl (C=O) groups excluding carboxylic acids is 2. The first-order valence-electron chi connectivity index (χ1n) is 12.5. The van der Waals surface area contributed by atoms with Gasteiger partial charge >= 0.3 is 6.18 Å². The van der Waals surface area contributed by atoms with Crippen LogP contribution in [0, 0.1) is 36.5 Å². The number of ether oxygens (including phenoxy) is 1. The number of para-hydroxylation sites is 1. The Bertz CT molecular complexity index is 1270. The highest BCUT2D eigenvalue weighted by atomic mass is 19.4. The van der Waals surface area contributed by atoms with Gasteiger partial charge in [0.2, 0.25) is 11.8 Å². The highest BCUT2D eigenvalue weighted by Crippen LogP contribution is 2.43. The van der Waals surface area contributed by atoms with Crippen molar-refractivity contribution in [1.29, 1.82) is 5.26 Å². The molecule has 2 heterocycles. The normalized spacial score (nSPS) is 24.4. The Hall–Kier alpha value is -3.42. The lowest BCUT2D eigenvalue weighted by Crippen LogP contribution is -2.54. The molecule has 2 saturated heterocycles. The lowest BCUT2D eigenvalue weighted by atomic mass is 9.77. The molecule has 0 radical (unpaired) electrons. The lowest BCUT2D eigenvalue weighted by molar-refractivity contribution is -0.137. The number of nitriles is 1. The zero-order valence-electron chi connectivity index (χ0n) is 21.9. The molecule has 2 fully saturated rings. The van der Waals surface area contributed by atoms with E-state index in [0.717, 1.165) is 28.9 Å². The van der Waals surface area contributed by atoms with E-state index in [2.05, 4.69) is 10.2 Å². The second kappa shape index (κ2) is 10.4. The van der Waals surface area contributed by atoms with E-state index in [-0.39, 0.29) is 36.4 Å². The fourth-order valence-corrected chi connectivity index (χ4v) is 5.53. The second-order valence-corrected chi connectivity index (χ2v) is 10.3. The van der Waals surface area contributed by atoms with Crippen LogP contribution in [0.25, 0.3) is 0 Å². The van der Waals surface area contributed by atoms with E-state index in [4.69, 9.17) is 4.74 Å². The monoisotopic (exact) mass is 528 g/mol. The molecule has 0 spiro atoms. The molecule has 2 aliphatic rings. The SMILES string of the molecule is Cc1cccc(C)c1N1C[C@@](CN2CCO[C@H](C)C2)(C(=O)Nc2cc(C#N)cc(C(F)(F)F)c2)[C@H](C)C1=O. The number of carbonyl (C=O) groups is 2. The van der Waals surface area contributed by atoms with Crippen LogP contribution in [-0.4, -0.2) is 55.6 Å². The molecule has 2 amide bonds. The molecule has 38 heavy (non-hydrogen) atoms. The minimum Gasteiger partial charge on any atom is -0.376 e. The number of nitrogens with zero attached hydrogens (tertiary/aromatic N) is 3. The summed E-state index contributed by atoms with van der Waals surface area (Å²) >= 11 is 0. The molecule has 3 atom stereocenters. The van der Waals surface area contributed by atoms with Crippen molar-refractivity contribution in [3.63, 3.8) is 0 Å². The molecule has 4 rings (SSSR count). The molecule has 0 bridgehead atoms. The maximum Gasteiger partial charge on any atom is 0.416 e. The predicted octanol–water partition coefficient (Wildman–Crippen LogP) is 4.52. The van der Waals surface area contributed by atoms with Gasteiger partial charge in [-0.1, -0.05) is 25.1 Å². The van der Waals surface area contributed by atoms with Gasteiger partial charge < -0.3 is 15.0 Å². The van der Waals surface area contributed by atoms with Crippen LogP contribution < -0.4 is 10.2 Å². The molecule has 0 aliphatic carbocycles. The summed E-state index contributed by atoms with van der Waals surface area (Å²) in [6.07, 6.45) is -4.75. The summed E-state index contributed by atoms with van der Waals surface area (Å²) in [5.74, 6) is -1.53. The molecule has 7 nitrogen and oxygen atoms in total. The molecular weight excluding hydrogens is 497 g/mol. The van der Waals surface area contributed by atoms with Crippen LogP contribution in [0.1, 0.15) is 36.1 Å². The van der Waals surface area contributed by atoms with Crippen molar-refractivity contribution in [2.75, 3.05) is 43.0 Å². The van der Waals surface area contributed by atoms with E-state index in [1.165, 1.54) is 6.07 Å². The maximum atomic E-state index is 14.0. The van der Waals surface area contributed by atoms with Gasteiger partial charge in [0.05, 0.1) is 41.2 Å². The number of aryl methyl sites for hydroxylation is 2. The number of rotatable bonds is 5. The third kappa shape index (κ3) is 5.26. The van der Waals surface area contributed by atoms with E-state index >= 15 is 0 Å². The van der Waals surface area contributed by atoms with Gasteiger partial charge in [-0.2, -0.15) is 18.4 Å². The van der Waals surface area contributed by atoms with Crippen molar-refractivity contribution < 1.29 is 27.5 Å². The van der Waals surface area contributed by atoms with Gasteiger partial charge in [-0.3, -0.25) is 14.5 Å². The molecule has 0 unspecified atom stereocenters. The van der Waals surface area contributed by atoms with Crippen LogP contribution in [-0.2, 0) is 20.5 Å². The number of alkyl halides is 3. The highest BCUT2D eigenvalue weighted by molar-refractivity contribution is 6.08. The smallest absolute Gasteiger partial charge is 0.376 e. The van der Waals surface area contributed by atoms with Gasteiger partial charge in [-0.25, -0.2) is 0 Å². The summed E-state index contributed by atoms with van der Waals surface area (Å²) in [4.78, 5) is 31.4. The van der Waals surface area contributed by atoms with E-state index in [9.17, 15) is 28.0 Å². The largest absolute Gasteiger partial charge is 0.416 e. The molecule has 2 aromatic carbocycles. The lowest BCUT2D eigenvalue weighted by Gasteiger charge is -2.39. The van der Waals surface area contributed by atoms with Gasteiger partial charge in [-0.15, -0.1) is 0 Å². The summed E-state index contributed by atoms with van der Waals surface area (Å²) in [6.45, 7) is 9.31. The molecule has 0 aromatic heterocycles. The van der Waals surface area contributed by atoms with Crippen LogP contribution >= 0.6 is 0 Å². The van der Waals surface area contributed by atoms with Gasteiger partial charge in [0.15, 0.2) is 0 Å². The summed E-state index contributed by atoms with van der Waals surface area (Å²) in [6, 6.07) is 10.2. The molecule has 202 valence electrons. The zero-order valence-corrected chi connectivity index (χ0v) is 21.9. The first kappa shape index (κ1) is 27.6. The number of halogens is 3. The fourth-order valence-electron chi connectivity index (χ4n) is 5.53. The minimum absolute atomic E-state index is 0.0624. The fraction of sp³-hybridized carbons (Fsp3) is 0.464.